The second-order valence-electron chi connectivity index (χ2n) is 5.60. The van der Waals surface area contributed by atoms with E-state index in [-0.39, 0.29) is 17.8 Å². The molecule has 0 spiro atoms. The van der Waals surface area contributed by atoms with E-state index in [0.717, 1.165) is 0 Å². The van der Waals surface area contributed by atoms with Gasteiger partial charge < -0.3 is 14.9 Å². The lowest BCUT2D eigenvalue weighted by atomic mass is 9.85. The molecule has 0 heterocycles. The first kappa shape index (κ1) is 14.4. The largest absolute Gasteiger partial charge is 0.508 e. The van der Waals surface area contributed by atoms with Gasteiger partial charge in [-0.05, 0) is 36.1 Å². The van der Waals surface area contributed by atoms with Crippen molar-refractivity contribution in [3.63, 3.8) is 0 Å². The smallest absolute Gasteiger partial charge is 0.309 e. The van der Waals surface area contributed by atoms with Crippen LogP contribution in [0.2, 0.25) is 0 Å². The van der Waals surface area contributed by atoms with E-state index in [1.54, 1.807) is 12.1 Å². The first-order chi connectivity index (χ1) is 8.28. The van der Waals surface area contributed by atoms with Gasteiger partial charge in [0.1, 0.15) is 18.1 Å². The fraction of sp³-hybridized carbons (Fsp3) is 0.500. The molecule has 0 fully saturated rings. The Kier molecular flexibility index (Phi) is 4.59. The van der Waals surface area contributed by atoms with Crippen molar-refractivity contribution in [1.82, 2.24) is 0 Å². The van der Waals surface area contributed by atoms with Crippen molar-refractivity contribution in [3.8, 4) is 11.5 Å². The molecule has 1 unspecified atom stereocenters. The highest BCUT2D eigenvalue weighted by Gasteiger charge is 2.25. The van der Waals surface area contributed by atoms with Crippen molar-refractivity contribution in [3.05, 3.63) is 24.3 Å². The van der Waals surface area contributed by atoms with Crippen molar-refractivity contribution in [2.45, 2.75) is 27.2 Å². The minimum atomic E-state index is -0.844. The van der Waals surface area contributed by atoms with Crippen molar-refractivity contribution < 1.29 is 19.7 Å². The third kappa shape index (κ3) is 5.08. The maximum Gasteiger partial charge on any atom is 0.309 e. The Morgan fingerprint density at radius 3 is 2.28 bits per heavy atom. The monoisotopic (exact) mass is 252 g/mol. The Labute approximate surface area is 107 Å². The van der Waals surface area contributed by atoms with Gasteiger partial charge in [0.15, 0.2) is 0 Å². The van der Waals surface area contributed by atoms with Crippen LogP contribution in [0.25, 0.3) is 0 Å². The number of aromatic hydroxyl groups is 1. The number of phenolic OH excluding ortho intramolecular Hbond substituents is 1. The Balaban J connectivity index is 2.57. The maximum atomic E-state index is 11.1. The van der Waals surface area contributed by atoms with Crippen LogP contribution in [0.3, 0.4) is 0 Å². The van der Waals surface area contributed by atoms with E-state index >= 15 is 0 Å². The molecule has 0 aromatic heterocycles. The predicted octanol–water partition coefficient (Wildman–Crippen LogP) is 2.91. The number of aliphatic carboxylic acids is 1. The molecule has 0 aliphatic heterocycles. The fourth-order valence-electron chi connectivity index (χ4n) is 1.70. The summed E-state index contributed by atoms with van der Waals surface area (Å²) < 4.78 is 5.44. The van der Waals surface area contributed by atoms with Crippen LogP contribution in [0.15, 0.2) is 24.3 Å². The van der Waals surface area contributed by atoms with Crippen LogP contribution in [0.5, 0.6) is 11.5 Å². The van der Waals surface area contributed by atoms with Crippen LogP contribution < -0.4 is 4.74 Å². The number of benzene rings is 1. The number of rotatable bonds is 5. The number of carboxylic acids is 1. The van der Waals surface area contributed by atoms with E-state index in [4.69, 9.17) is 14.9 Å². The summed E-state index contributed by atoms with van der Waals surface area (Å²) in [6.45, 7) is 6.15. The number of phenols is 1. The summed E-state index contributed by atoms with van der Waals surface area (Å²) in [5, 5.41) is 18.3. The van der Waals surface area contributed by atoms with Gasteiger partial charge in [-0.15, -0.1) is 0 Å². The first-order valence-corrected chi connectivity index (χ1v) is 5.92. The summed E-state index contributed by atoms with van der Waals surface area (Å²) in [6.07, 6.45) is 0.556. The summed E-state index contributed by atoms with van der Waals surface area (Å²) in [5.74, 6) is -0.651. The third-order valence-electron chi connectivity index (χ3n) is 2.50. The van der Waals surface area contributed by atoms with E-state index in [2.05, 4.69) is 0 Å². The summed E-state index contributed by atoms with van der Waals surface area (Å²) in [4.78, 5) is 11.1. The molecule has 1 aromatic carbocycles. The van der Waals surface area contributed by atoms with Gasteiger partial charge >= 0.3 is 5.97 Å². The minimum absolute atomic E-state index is 0.0542. The van der Waals surface area contributed by atoms with E-state index in [1.165, 1.54) is 12.1 Å². The van der Waals surface area contributed by atoms with E-state index in [1.807, 2.05) is 20.8 Å². The zero-order valence-electron chi connectivity index (χ0n) is 11.0. The van der Waals surface area contributed by atoms with Crippen LogP contribution in [0, 0.1) is 11.3 Å². The third-order valence-corrected chi connectivity index (χ3v) is 2.50. The molecule has 0 saturated heterocycles. The quantitative estimate of drug-likeness (QED) is 0.845. The summed E-state index contributed by atoms with van der Waals surface area (Å²) in [6, 6.07) is 6.25. The van der Waals surface area contributed by atoms with Crippen molar-refractivity contribution in [2.75, 3.05) is 6.61 Å². The first-order valence-electron chi connectivity index (χ1n) is 5.92. The van der Waals surface area contributed by atoms with Gasteiger partial charge in [-0.1, -0.05) is 20.8 Å². The molecule has 4 heteroatoms. The maximum absolute atomic E-state index is 11.1. The number of carbonyl (C=O) groups is 1. The molecular weight excluding hydrogens is 232 g/mol. The van der Waals surface area contributed by atoms with E-state index in [0.29, 0.717) is 12.2 Å². The lowest BCUT2D eigenvalue weighted by Gasteiger charge is -2.23. The van der Waals surface area contributed by atoms with Gasteiger partial charge in [-0.2, -0.15) is 0 Å². The summed E-state index contributed by atoms with van der Waals surface area (Å²) >= 11 is 0. The van der Waals surface area contributed by atoms with Gasteiger partial charge in [0.05, 0.1) is 5.92 Å². The molecule has 0 aliphatic carbocycles. The van der Waals surface area contributed by atoms with Crippen LogP contribution >= 0.6 is 0 Å². The standard InChI is InChI=1S/C14H20O4/c1-14(2,3)8-10(13(16)17)9-18-12-6-4-11(15)5-7-12/h4-7,10,15H,8-9H2,1-3H3,(H,16,17). The normalized spacial score (nSPS) is 13.1. The van der Waals surface area contributed by atoms with Crippen LogP contribution in [-0.2, 0) is 4.79 Å². The molecule has 0 amide bonds. The Bertz CT molecular complexity index is 389. The molecule has 2 N–H and O–H groups in total. The number of hydrogen-bond donors (Lipinski definition) is 2. The van der Waals surface area contributed by atoms with Gasteiger partial charge in [-0.25, -0.2) is 0 Å². The van der Waals surface area contributed by atoms with Gasteiger partial charge in [0.2, 0.25) is 0 Å². The van der Waals surface area contributed by atoms with Crippen molar-refractivity contribution >= 4 is 5.97 Å². The second-order valence-corrected chi connectivity index (χ2v) is 5.60. The van der Waals surface area contributed by atoms with Gasteiger partial charge in [-0.3, -0.25) is 4.79 Å². The summed E-state index contributed by atoms with van der Waals surface area (Å²) in [7, 11) is 0. The molecule has 0 radical (unpaired) electrons. The SMILES string of the molecule is CC(C)(C)CC(COc1ccc(O)cc1)C(=O)O. The molecule has 4 nitrogen and oxygen atoms in total. The van der Waals surface area contributed by atoms with Gasteiger partial charge in [0.25, 0.3) is 0 Å². The second kappa shape index (κ2) is 5.76. The number of carboxylic acid groups (broad SMARTS) is 1. The molecule has 0 bridgehead atoms. The molecule has 1 aromatic rings. The molecule has 1 atom stereocenters. The summed E-state index contributed by atoms with van der Waals surface area (Å²) in [5.41, 5.74) is -0.0542. The van der Waals surface area contributed by atoms with Crippen LogP contribution in [0.1, 0.15) is 27.2 Å². The number of ether oxygens (including phenoxy) is 1. The van der Waals surface area contributed by atoms with Crippen molar-refractivity contribution in [2.24, 2.45) is 11.3 Å². The van der Waals surface area contributed by atoms with Crippen LogP contribution in [0.4, 0.5) is 0 Å². The average molecular weight is 252 g/mol. The van der Waals surface area contributed by atoms with E-state index in [9.17, 15) is 4.79 Å². The highest BCUT2D eigenvalue weighted by Crippen LogP contribution is 2.25. The molecule has 100 valence electrons. The molecular formula is C14H20O4. The Morgan fingerprint density at radius 2 is 1.83 bits per heavy atom. The Hall–Kier alpha value is -1.71. The zero-order chi connectivity index (χ0) is 13.8. The van der Waals surface area contributed by atoms with E-state index < -0.39 is 11.9 Å². The molecule has 1 rings (SSSR count). The molecule has 18 heavy (non-hydrogen) atoms. The topological polar surface area (TPSA) is 66.8 Å². The lowest BCUT2D eigenvalue weighted by molar-refractivity contribution is -0.143. The average Bonchev–Trinajstić information content (AvgIpc) is 2.24. The van der Waals surface area contributed by atoms with Crippen LogP contribution in [-0.4, -0.2) is 22.8 Å². The minimum Gasteiger partial charge on any atom is -0.508 e. The van der Waals surface area contributed by atoms with Gasteiger partial charge in [0, 0.05) is 0 Å². The lowest BCUT2D eigenvalue weighted by Crippen LogP contribution is -2.26. The highest BCUT2D eigenvalue weighted by atomic mass is 16.5. The zero-order valence-corrected chi connectivity index (χ0v) is 11.0. The predicted molar refractivity (Wildman–Crippen MR) is 68.8 cm³/mol. The fourth-order valence-corrected chi connectivity index (χ4v) is 1.70. The molecule has 0 saturated carbocycles. The molecule has 0 aliphatic rings. The highest BCUT2D eigenvalue weighted by molar-refractivity contribution is 5.70. The Morgan fingerprint density at radius 1 is 1.28 bits per heavy atom. The number of hydrogen-bond acceptors (Lipinski definition) is 3. The van der Waals surface area contributed by atoms with Crippen molar-refractivity contribution in [1.29, 1.82) is 0 Å².